The van der Waals surface area contributed by atoms with Crippen LogP contribution >= 0.6 is 0 Å². The molecule has 0 aromatic rings. The molecule has 0 aromatic heterocycles. The van der Waals surface area contributed by atoms with Crippen LogP contribution in [0.1, 0.15) is 0 Å². The van der Waals surface area contributed by atoms with Crippen LogP contribution < -0.4 is 0 Å². The van der Waals surface area contributed by atoms with Crippen LogP contribution in [0.4, 0.5) is 0 Å². The van der Waals surface area contributed by atoms with E-state index in [1.807, 2.05) is 0 Å². The molecule has 0 aliphatic heterocycles. The van der Waals surface area contributed by atoms with E-state index in [0.29, 0.717) is 0 Å². The van der Waals surface area contributed by atoms with Crippen molar-refractivity contribution >= 4 is 14.7 Å². The second-order valence-corrected chi connectivity index (χ2v) is 5.78. The van der Waals surface area contributed by atoms with Crippen LogP contribution in [0, 0.1) is 0 Å². The zero-order valence-electron chi connectivity index (χ0n) is 3.91. The first-order valence-corrected chi connectivity index (χ1v) is 6.67. The van der Waals surface area contributed by atoms with Crippen LogP contribution in [0.25, 0.3) is 0 Å². The molecular weight excluding hydrogens is 125 g/mol. The number of hydrogen-bond acceptors (Lipinski definition) is 1. The summed E-state index contributed by atoms with van der Waals surface area (Å²) in [5, 5.41) is 0. The molecule has 0 bridgehead atoms. The monoisotopic (exact) mass is 135 g/mol. The van der Waals surface area contributed by atoms with E-state index >= 15 is 0 Å². The molecule has 0 N–H and O–H groups in total. The number of rotatable bonds is 1. The zero-order valence-corrected chi connectivity index (χ0v) is 6.01. The summed E-state index contributed by atoms with van der Waals surface area (Å²) in [5.41, 5.74) is 0. The van der Waals surface area contributed by atoms with Gasteiger partial charge in [0.1, 0.15) is 0 Å². The van der Waals surface area contributed by atoms with E-state index in [-0.39, 0.29) is 0 Å². The summed E-state index contributed by atoms with van der Waals surface area (Å²) >= 11 is -0.856. The van der Waals surface area contributed by atoms with Crippen LogP contribution in [0.3, 0.4) is 0 Å². The fourth-order valence-electron chi connectivity index (χ4n) is 0. The van der Waals surface area contributed by atoms with Gasteiger partial charge in [0.25, 0.3) is 0 Å². The van der Waals surface area contributed by atoms with Gasteiger partial charge in [-0.05, 0) is 0 Å². The van der Waals surface area contributed by atoms with Gasteiger partial charge in [0.15, 0.2) is 0 Å². The molecule has 1 radical (unpaired) electrons. The first kappa shape index (κ1) is 5.50. The summed E-state index contributed by atoms with van der Waals surface area (Å²) in [6.07, 6.45) is 0. The van der Waals surface area contributed by atoms with Crippen LogP contribution in [0.2, 0.25) is 11.5 Å². The molecule has 31 valence electrons. The number of hydrogen-bond donors (Lipinski definition) is 0. The molecule has 0 atom stereocenters. The normalized spacial score (nSPS) is 9.60. The van der Waals surface area contributed by atoms with Gasteiger partial charge in [0, 0.05) is 0 Å². The van der Waals surface area contributed by atoms with Gasteiger partial charge in [-0.3, -0.25) is 0 Å². The summed E-state index contributed by atoms with van der Waals surface area (Å²) in [6, 6.07) is 0. The average molecular weight is 134 g/mol. The Kier molecular flexibility index (Phi) is 3.00. The molecule has 0 unspecified atom stereocenters. The van der Waals surface area contributed by atoms with Crippen molar-refractivity contribution in [3.05, 3.63) is 0 Å². The third kappa shape index (κ3) is 4.50. The third-order valence-electron chi connectivity index (χ3n) is 0.408. The first-order valence-electron chi connectivity index (χ1n) is 1.61. The van der Waals surface area contributed by atoms with Crippen molar-refractivity contribution in [1.82, 2.24) is 0 Å². The Labute approximate surface area is 37.8 Å². The summed E-state index contributed by atoms with van der Waals surface area (Å²) < 4.78 is 4.92. The van der Waals surface area contributed by atoms with Crippen LogP contribution in [0.5, 0.6) is 0 Å². The van der Waals surface area contributed by atoms with Gasteiger partial charge in [0.05, 0.1) is 0 Å². The fourth-order valence-corrected chi connectivity index (χ4v) is 0. The quantitative estimate of drug-likeness (QED) is 0.483. The molecule has 0 aliphatic carbocycles. The van der Waals surface area contributed by atoms with Crippen molar-refractivity contribution in [2.24, 2.45) is 0 Å². The maximum atomic E-state index is 4.92. The van der Waals surface area contributed by atoms with Gasteiger partial charge >= 0.3 is 37.1 Å². The Morgan fingerprint density at radius 2 is 1.60 bits per heavy atom. The SMILES string of the molecule is C[O][Ge]([CH3])[CH3]. The van der Waals surface area contributed by atoms with Gasteiger partial charge in [-0.15, -0.1) is 0 Å². The molecule has 1 nitrogen and oxygen atoms in total. The topological polar surface area (TPSA) is 9.23 Å². The molecule has 0 heterocycles. The summed E-state index contributed by atoms with van der Waals surface area (Å²) in [7, 11) is 1.77. The predicted octanol–water partition coefficient (Wildman–Crippen LogP) is 0.884. The Morgan fingerprint density at radius 1 is 1.40 bits per heavy atom. The zero-order chi connectivity index (χ0) is 4.28. The summed E-state index contributed by atoms with van der Waals surface area (Å²) in [5.74, 6) is 4.33. The maximum absolute atomic E-state index is 4.92. The van der Waals surface area contributed by atoms with Gasteiger partial charge in [0.2, 0.25) is 0 Å². The first-order chi connectivity index (χ1) is 2.27. The van der Waals surface area contributed by atoms with Crippen LogP contribution in [0.15, 0.2) is 0 Å². The second kappa shape index (κ2) is 2.72. The summed E-state index contributed by atoms with van der Waals surface area (Å²) in [6.45, 7) is 0. The van der Waals surface area contributed by atoms with Crippen molar-refractivity contribution in [2.75, 3.05) is 7.11 Å². The summed E-state index contributed by atoms with van der Waals surface area (Å²) in [4.78, 5) is 0. The van der Waals surface area contributed by atoms with Gasteiger partial charge < -0.3 is 0 Å². The Balaban J connectivity index is 2.54. The van der Waals surface area contributed by atoms with E-state index in [0.717, 1.165) is 0 Å². The van der Waals surface area contributed by atoms with Gasteiger partial charge in [-0.1, -0.05) is 0 Å². The predicted molar refractivity (Wildman–Crippen MR) is 24.5 cm³/mol. The van der Waals surface area contributed by atoms with Crippen molar-refractivity contribution in [1.29, 1.82) is 0 Å². The van der Waals surface area contributed by atoms with Crippen LogP contribution in [-0.4, -0.2) is 21.8 Å². The molecule has 0 fully saturated rings. The van der Waals surface area contributed by atoms with Crippen LogP contribution in [-0.2, 0) is 3.76 Å². The Hall–Kier alpha value is 0.503. The molecule has 0 aliphatic rings. The van der Waals surface area contributed by atoms with Crippen molar-refractivity contribution in [3.8, 4) is 0 Å². The van der Waals surface area contributed by atoms with E-state index in [9.17, 15) is 0 Å². The Bertz CT molecular complexity index is 20.9. The van der Waals surface area contributed by atoms with E-state index in [2.05, 4.69) is 11.5 Å². The standard InChI is InChI=1S/C3H9GeO/c1-4(2)5-3/h1-3H3. The molecule has 0 saturated carbocycles. The van der Waals surface area contributed by atoms with E-state index < -0.39 is 14.7 Å². The fraction of sp³-hybridized carbons (Fsp3) is 1.00. The average Bonchev–Trinajstić information content (AvgIpc) is 1.38. The molecule has 5 heavy (non-hydrogen) atoms. The Morgan fingerprint density at radius 3 is 1.60 bits per heavy atom. The minimum absolute atomic E-state index is 0.856. The van der Waals surface area contributed by atoms with Crippen molar-refractivity contribution in [2.45, 2.75) is 11.5 Å². The molecule has 0 saturated heterocycles. The van der Waals surface area contributed by atoms with Gasteiger partial charge in [-0.25, -0.2) is 0 Å². The van der Waals surface area contributed by atoms with E-state index in [4.69, 9.17) is 3.76 Å². The molecular formula is C3H9GeO. The molecule has 0 spiro atoms. The molecule has 0 rings (SSSR count). The second-order valence-electron chi connectivity index (χ2n) is 1.11. The van der Waals surface area contributed by atoms with Crippen molar-refractivity contribution < 1.29 is 3.76 Å². The van der Waals surface area contributed by atoms with Gasteiger partial charge in [-0.2, -0.15) is 0 Å². The minimum atomic E-state index is -0.856. The third-order valence-corrected chi connectivity index (χ3v) is 2.12. The molecule has 2 heteroatoms. The molecule has 0 amide bonds. The van der Waals surface area contributed by atoms with E-state index in [1.165, 1.54) is 0 Å². The molecule has 0 aromatic carbocycles. The van der Waals surface area contributed by atoms with E-state index in [1.54, 1.807) is 7.11 Å². The van der Waals surface area contributed by atoms with Crippen molar-refractivity contribution in [3.63, 3.8) is 0 Å².